The Morgan fingerprint density at radius 2 is 1.80 bits per heavy atom. The predicted octanol–water partition coefficient (Wildman–Crippen LogP) is 3.25. The van der Waals surface area contributed by atoms with Gasteiger partial charge in [0, 0.05) is 24.5 Å². The van der Waals surface area contributed by atoms with Gasteiger partial charge in [0.1, 0.15) is 0 Å². The summed E-state index contributed by atoms with van der Waals surface area (Å²) < 4.78 is 3.84. The van der Waals surface area contributed by atoms with Gasteiger partial charge in [0.25, 0.3) is 0 Å². The number of aryl methyl sites for hydroxylation is 2. The van der Waals surface area contributed by atoms with E-state index in [2.05, 4.69) is 22.4 Å². The summed E-state index contributed by atoms with van der Waals surface area (Å²) in [5, 5.41) is 12.0. The normalized spacial score (nSPS) is 10.8. The van der Waals surface area contributed by atoms with E-state index in [9.17, 15) is 4.79 Å². The second-order valence-corrected chi connectivity index (χ2v) is 6.46. The smallest absolute Gasteiger partial charge is 0.234 e. The Labute approximate surface area is 151 Å². The summed E-state index contributed by atoms with van der Waals surface area (Å²) in [4.78, 5) is 12.2. The van der Waals surface area contributed by atoms with E-state index in [-0.39, 0.29) is 11.7 Å². The third kappa shape index (κ3) is 4.11. The monoisotopic (exact) mass is 355 g/mol. The molecule has 0 saturated heterocycles. The van der Waals surface area contributed by atoms with Crippen molar-refractivity contribution in [1.29, 1.82) is 0 Å². The molecule has 0 saturated carbocycles. The Balaban J connectivity index is 1.65. The van der Waals surface area contributed by atoms with Crippen LogP contribution in [0.2, 0.25) is 0 Å². The number of rotatable bonds is 7. The molecule has 2 aromatic heterocycles. The minimum absolute atomic E-state index is 0.0608. The lowest BCUT2D eigenvalue weighted by molar-refractivity contribution is -0.113. The van der Waals surface area contributed by atoms with Gasteiger partial charge in [-0.15, -0.1) is 10.2 Å². The largest absolute Gasteiger partial charge is 0.325 e. The minimum Gasteiger partial charge on any atom is -0.325 e. The summed E-state index contributed by atoms with van der Waals surface area (Å²) in [6, 6.07) is 11.8. The van der Waals surface area contributed by atoms with Crippen LogP contribution in [-0.2, 0) is 17.6 Å². The van der Waals surface area contributed by atoms with Gasteiger partial charge in [-0.2, -0.15) is 0 Å². The number of carbonyl (C=O) groups excluding carboxylic acids is 1. The van der Waals surface area contributed by atoms with Gasteiger partial charge in [-0.05, 0) is 36.2 Å². The van der Waals surface area contributed by atoms with Crippen molar-refractivity contribution in [2.45, 2.75) is 31.8 Å². The van der Waals surface area contributed by atoms with E-state index >= 15 is 0 Å². The lowest BCUT2D eigenvalue weighted by Gasteiger charge is -2.10. The number of benzene rings is 1. The van der Waals surface area contributed by atoms with Crippen LogP contribution in [0.1, 0.15) is 25.2 Å². The highest BCUT2D eigenvalue weighted by atomic mass is 32.2. The van der Waals surface area contributed by atoms with Crippen molar-refractivity contribution >= 4 is 23.4 Å². The van der Waals surface area contributed by atoms with Crippen LogP contribution in [0.5, 0.6) is 0 Å². The second-order valence-electron chi connectivity index (χ2n) is 5.51. The van der Waals surface area contributed by atoms with Crippen LogP contribution in [0.25, 0.3) is 0 Å². The molecular weight excluding hydrogens is 334 g/mol. The highest BCUT2D eigenvalue weighted by Gasteiger charge is 2.14. The van der Waals surface area contributed by atoms with Crippen LogP contribution in [0.15, 0.2) is 53.9 Å². The SMILES string of the molecule is CCc1ccc(NC(=O)CSc2nnc(CC)n2-n2cccc2)cc1. The van der Waals surface area contributed by atoms with Gasteiger partial charge in [-0.3, -0.25) is 9.47 Å². The molecule has 0 fully saturated rings. The number of thioether (sulfide) groups is 1. The maximum absolute atomic E-state index is 12.2. The van der Waals surface area contributed by atoms with Crippen LogP contribution < -0.4 is 5.32 Å². The van der Waals surface area contributed by atoms with Gasteiger partial charge >= 0.3 is 0 Å². The average Bonchev–Trinajstić information content (AvgIpc) is 3.29. The molecular formula is C18H21N5OS. The number of anilines is 1. The van der Waals surface area contributed by atoms with Crippen molar-refractivity contribution in [1.82, 2.24) is 19.5 Å². The summed E-state index contributed by atoms with van der Waals surface area (Å²) in [5.41, 5.74) is 2.06. The first-order chi connectivity index (χ1) is 12.2. The van der Waals surface area contributed by atoms with Crippen molar-refractivity contribution in [2.75, 3.05) is 11.1 Å². The summed E-state index contributed by atoms with van der Waals surface area (Å²) in [7, 11) is 0. The zero-order chi connectivity index (χ0) is 17.6. The maximum atomic E-state index is 12.2. The molecule has 0 aliphatic rings. The molecule has 0 aliphatic heterocycles. The van der Waals surface area contributed by atoms with Crippen LogP contribution in [0.3, 0.4) is 0 Å². The van der Waals surface area contributed by atoms with Gasteiger partial charge in [0.05, 0.1) is 5.75 Å². The molecule has 0 aliphatic carbocycles. The molecule has 7 heteroatoms. The standard InChI is InChI=1S/C18H21N5OS/c1-3-14-7-9-15(10-8-14)19-17(24)13-25-18-21-20-16(4-2)23(18)22-11-5-6-12-22/h5-12H,3-4,13H2,1-2H3,(H,19,24). The fourth-order valence-electron chi connectivity index (χ4n) is 2.45. The third-order valence-corrected chi connectivity index (χ3v) is 4.71. The Morgan fingerprint density at radius 1 is 1.08 bits per heavy atom. The molecule has 25 heavy (non-hydrogen) atoms. The average molecular weight is 355 g/mol. The van der Waals surface area contributed by atoms with Crippen molar-refractivity contribution in [3.63, 3.8) is 0 Å². The molecule has 0 atom stereocenters. The van der Waals surface area contributed by atoms with Crippen LogP contribution in [0.4, 0.5) is 5.69 Å². The predicted molar refractivity (Wildman–Crippen MR) is 99.8 cm³/mol. The van der Waals surface area contributed by atoms with Gasteiger partial charge in [-0.25, -0.2) is 4.68 Å². The summed E-state index contributed by atoms with van der Waals surface area (Å²) in [5.74, 6) is 1.07. The molecule has 1 N–H and O–H groups in total. The Hall–Kier alpha value is -2.54. The van der Waals surface area contributed by atoms with E-state index in [1.54, 1.807) is 0 Å². The highest BCUT2D eigenvalue weighted by molar-refractivity contribution is 7.99. The highest BCUT2D eigenvalue weighted by Crippen LogP contribution is 2.19. The molecule has 1 aromatic carbocycles. The van der Waals surface area contributed by atoms with Crippen molar-refractivity contribution in [3.05, 3.63) is 60.2 Å². The zero-order valence-corrected chi connectivity index (χ0v) is 15.2. The van der Waals surface area contributed by atoms with E-state index in [0.29, 0.717) is 5.16 Å². The molecule has 0 unspecified atom stereocenters. The quantitative estimate of drug-likeness (QED) is 0.661. The third-order valence-electron chi connectivity index (χ3n) is 3.79. The molecule has 1 amide bonds. The molecule has 2 heterocycles. The van der Waals surface area contributed by atoms with Crippen LogP contribution >= 0.6 is 11.8 Å². The van der Waals surface area contributed by atoms with Gasteiger partial charge < -0.3 is 5.32 Å². The van der Waals surface area contributed by atoms with E-state index in [0.717, 1.165) is 24.4 Å². The Bertz CT molecular complexity index is 824. The zero-order valence-electron chi connectivity index (χ0n) is 14.3. The second kappa shape index (κ2) is 8.02. The van der Waals surface area contributed by atoms with E-state index < -0.39 is 0 Å². The first-order valence-corrected chi connectivity index (χ1v) is 9.29. The first-order valence-electron chi connectivity index (χ1n) is 8.30. The summed E-state index contributed by atoms with van der Waals surface area (Å²) in [6.45, 7) is 4.14. The maximum Gasteiger partial charge on any atom is 0.234 e. The fraction of sp³-hybridized carbons (Fsp3) is 0.278. The Morgan fingerprint density at radius 3 is 2.44 bits per heavy atom. The number of hydrogen-bond donors (Lipinski definition) is 1. The van der Waals surface area contributed by atoms with Crippen LogP contribution in [-0.4, -0.2) is 31.2 Å². The first kappa shape index (κ1) is 17.3. The molecule has 3 rings (SSSR count). The number of nitrogens with one attached hydrogen (secondary N) is 1. The van der Waals surface area contributed by atoms with E-state index in [1.807, 2.05) is 65.1 Å². The number of aromatic nitrogens is 4. The van der Waals surface area contributed by atoms with Crippen molar-refractivity contribution in [2.24, 2.45) is 0 Å². The molecule has 130 valence electrons. The molecule has 3 aromatic rings. The van der Waals surface area contributed by atoms with Gasteiger partial charge in [-0.1, -0.05) is 37.7 Å². The number of carbonyl (C=O) groups is 1. The van der Waals surface area contributed by atoms with E-state index in [4.69, 9.17) is 0 Å². The van der Waals surface area contributed by atoms with Gasteiger partial charge in [0.15, 0.2) is 5.82 Å². The molecule has 0 bridgehead atoms. The number of nitrogens with zero attached hydrogens (tertiary/aromatic N) is 4. The lowest BCUT2D eigenvalue weighted by Crippen LogP contribution is -2.16. The summed E-state index contributed by atoms with van der Waals surface area (Å²) in [6.07, 6.45) is 5.62. The Kier molecular flexibility index (Phi) is 5.55. The lowest BCUT2D eigenvalue weighted by atomic mass is 10.1. The van der Waals surface area contributed by atoms with Gasteiger partial charge in [0.2, 0.25) is 11.1 Å². The molecule has 0 radical (unpaired) electrons. The summed E-state index contributed by atoms with van der Waals surface area (Å²) >= 11 is 1.37. The molecule has 6 nitrogen and oxygen atoms in total. The van der Waals surface area contributed by atoms with E-state index in [1.165, 1.54) is 17.3 Å². The van der Waals surface area contributed by atoms with Crippen molar-refractivity contribution in [3.8, 4) is 0 Å². The minimum atomic E-state index is -0.0608. The molecule has 0 spiro atoms. The number of hydrogen-bond acceptors (Lipinski definition) is 4. The fourth-order valence-corrected chi connectivity index (χ4v) is 3.20. The van der Waals surface area contributed by atoms with Crippen molar-refractivity contribution < 1.29 is 4.79 Å². The topological polar surface area (TPSA) is 64.7 Å². The number of amides is 1. The van der Waals surface area contributed by atoms with Crippen LogP contribution in [0, 0.1) is 0 Å².